The zero-order chi connectivity index (χ0) is 14.7. The molecule has 8 heteroatoms. The summed E-state index contributed by atoms with van der Waals surface area (Å²) in [5.74, 6) is 0.947. The predicted octanol–water partition coefficient (Wildman–Crippen LogP) is 1.39. The molecule has 1 aromatic carbocycles. The Balaban J connectivity index is 1.91. The molecular weight excluding hydrogens is 270 g/mol. The van der Waals surface area contributed by atoms with E-state index in [1.54, 1.807) is 0 Å². The number of rotatable bonds is 4. The van der Waals surface area contributed by atoms with Crippen LogP contribution in [-0.4, -0.2) is 29.7 Å². The van der Waals surface area contributed by atoms with E-state index in [-0.39, 0.29) is 17.9 Å². The van der Waals surface area contributed by atoms with E-state index in [9.17, 15) is 0 Å². The van der Waals surface area contributed by atoms with Gasteiger partial charge in [-0.1, -0.05) is 19.1 Å². The third-order valence-electron chi connectivity index (χ3n) is 2.76. The summed E-state index contributed by atoms with van der Waals surface area (Å²) >= 11 is 0. The fourth-order valence-corrected chi connectivity index (χ4v) is 1.75. The van der Waals surface area contributed by atoms with E-state index in [2.05, 4.69) is 32.0 Å². The first-order chi connectivity index (χ1) is 10.2. The van der Waals surface area contributed by atoms with Gasteiger partial charge in [0.2, 0.25) is 5.95 Å². The molecule has 0 atom stereocenters. The first-order valence-corrected chi connectivity index (χ1v) is 6.38. The summed E-state index contributed by atoms with van der Waals surface area (Å²) in [5.41, 5.74) is 6.83. The maximum absolute atomic E-state index is 5.67. The Morgan fingerprint density at radius 1 is 1.24 bits per heavy atom. The topological polar surface area (TPSA) is 105 Å². The second kappa shape index (κ2) is 5.53. The van der Waals surface area contributed by atoms with Crippen LogP contribution in [0.2, 0.25) is 0 Å². The first-order valence-electron chi connectivity index (χ1n) is 6.38. The van der Waals surface area contributed by atoms with Gasteiger partial charge in [0.05, 0.1) is 0 Å². The van der Waals surface area contributed by atoms with Crippen molar-refractivity contribution >= 4 is 5.95 Å². The van der Waals surface area contributed by atoms with E-state index >= 15 is 0 Å². The van der Waals surface area contributed by atoms with Gasteiger partial charge in [-0.15, -0.1) is 0 Å². The molecule has 0 aliphatic rings. The second-order valence-electron chi connectivity index (χ2n) is 4.22. The smallest absolute Gasteiger partial charge is 0.328 e. The predicted molar refractivity (Wildman–Crippen MR) is 75.1 cm³/mol. The molecule has 0 fully saturated rings. The molecule has 0 unspecified atom stereocenters. The number of nitrogens with zero attached hydrogens (tertiary/aromatic N) is 6. The van der Waals surface area contributed by atoms with Crippen LogP contribution >= 0.6 is 0 Å². The van der Waals surface area contributed by atoms with Crippen LogP contribution in [0.5, 0.6) is 11.8 Å². The lowest BCUT2D eigenvalue weighted by atomic mass is 10.2. The Hall–Kier alpha value is -3.03. The summed E-state index contributed by atoms with van der Waals surface area (Å²) < 4.78 is 7.02. The molecule has 0 spiro atoms. The number of nitrogens with two attached hydrogens (primary N) is 1. The summed E-state index contributed by atoms with van der Waals surface area (Å²) in [4.78, 5) is 16.0. The van der Waals surface area contributed by atoms with Crippen molar-refractivity contribution < 1.29 is 4.74 Å². The van der Waals surface area contributed by atoms with Crippen LogP contribution in [0.4, 0.5) is 5.95 Å². The summed E-state index contributed by atoms with van der Waals surface area (Å²) in [6, 6.07) is 7.80. The van der Waals surface area contributed by atoms with Crippen LogP contribution in [0.15, 0.2) is 36.9 Å². The zero-order valence-electron chi connectivity index (χ0n) is 11.3. The highest BCUT2D eigenvalue weighted by Crippen LogP contribution is 2.20. The van der Waals surface area contributed by atoms with E-state index < -0.39 is 0 Å². The highest BCUT2D eigenvalue weighted by molar-refractivity contribution is 5.32. The minimum Gasteiger partial charge on any atom is -0.424 e. The molecule has 2 N–H and O–H groups in total. The Morgan fingerprint density at radius 2 is 2.14 bits per heavy atom. The molecule has 21 heavy (non-hydrogen) atoms. The quantitative estimate of drug-likeness (QED) is 0.771. The molecule has 3 aromatic rings. The lowest BCUT2D eigenvalue weighted by molar-refractivity contribution is 0.438. The number of aryl methyl sites for hydroxylation is 1. The van der Waals surface area contributed by atoms with Crippen LogP contribution in [0.25, 0.3) is 5.95 Å². The Labute approximate surface area is 120 Å². The van der Waals surface area contributed by atoms with Crippen LogP contribution in [0.3, 0.4) is 0 Å². The monoisotopic (exact) mass is 283 g/mol. The molecule has 0 saturated carbocycles. The number of ether oxygens (including phenoxy) is 1. The van der Waals surface area contributed by atoms with Crippen LogP contribution in [0, 0.1) is 0 Å². The zero-order valence-corrected chi connectivity index (χ0v) is 11.3. The number of benzene rings is 1. The maximum Gasteiger partial charge on any atom is 0.328 e. The van der Waals surface area contributed by atoms with Gasteiger partial charge in [0.25, 0.3) is 5.95 Å². The van der Waals surface area contributed by atoms with Crippen molar-refractivity contribution in [2.45, 2.75) is 13.3 Å². The number of aromatic nitrogens is 6. The molecule has 106 valence electrons. The second-order valence-corrected chi connectivity index (χ2v) is 4.22. The van der Waals surface area contributed by atoms with Gasteiger partial charge in [0.15, 0.2) is 0 Å². The Bertz CT molecular complexity index is 742. The molecule has 2 heterocycles. The van der Waals surface area contributed by atoms with Crippen LogP contribution in [0.1, 0.15) is 12.5 Å². The molecule has 0 amide bonds. The van der Waals surface area contributed by atoms with Crippen molar-refractivity contribution in [2.75, 3.05) is 5.73 Å². The van der Waals surface area contributed by atoms with Gasteiger partial charge in [-0.05, 0) is 24.1 Å². The number of nitrogen functional groups attached to an aromatic ring is 1. The van der Waals surface area contributed by atoms with E-state index in [0.717, 1.165) is 12.0 Å². The molecule has 0 aliphatic heterocycles. The highest BCUT2D eigenvalue weighted by Gasteiger charge is 2.09. The average molecular weight is 283 g/mol. The lowest BCUT2D eigenvalue weighted by Gasteiger charge is -2.07. The normalized spacial score (nSPS) is 10.5. The molecule has 0 bridgehead atoms. The number of hydrogen-bond acceptors (Lipinski definition) is 7. The minimum atomic E-state index is 0.0529. The standard InChI is InChI=1S/C13H13N7O/c1-2-9-4-3-5-10(6-9)21-13-18-11(14)17-12(19-13)20-8-15-7-16-20/h3-8H,2H2,1H3,(H2,14,17,18,19). The Morgan fingerprint density at radius 3 is 2.90 bits per heavy atom. The molecular formula is C13H13N7O. The van der Waals surface area contributed by atoms with Crippen LogP contribution in [-0.2, 0) is 6.42 Å². The largest absolute Gasteiger partial charge is 0.424 e. The summed E-state index contributed by atoms with van der Waals surface area (Å²) in [6.45, 7) is 2.07. The van der Waals surface area contributed by atoms with Crippen molar-refractivity contribution in [3.63, 3.8) is 0 Å². The average Bonchev–Trinajstić information content (AvgIpc) is 3.01. The van der Waals surface area contributed by atoms with Crippen molar-refractivity contribution in [3.8, 4) is 17.7 Å². The van der Waals surface area contributed by atoms with Crippen molar-refractivity contribution in [1.29, 1.82) is 0 Å². The lowest BCUT2D eigenvalue weighted by Crippen LogP contribution is -2.08. The fraction of sp³-hybridized carbons (Fsp3) is 0.154. The van der Waals surface area contributed by atoms with Gasteiger partial charge in [-0.2, -0.15) is 24.7 Å². The van der Waals surface area contributed by atoms with Gasteiger partial charge in [0, 0.05) is 0 Å². The molecule has 2 aromatic heterocycles. The number of anilines is 1. The van der Waals surface area contributed by atoms with Crippen molar-refractivity contribution in [2.24, 2.45) is 0 Å². The van der Waals surface area contributed by atoms with E-state index in [1.165, 1.54) is 17.3 Å². The summed E-state index contributed by atoms with van der Waals surface area (Å²) in [7, 11) is 0. The molecule has 8 nitrogen and oxygen atoms in total. The molecule has 0 radical (unpaired) electrons. The summed E-state index contributed by atoms with van der Waals surface area (Å²) in [5, 5.41) is 3.94. The third-order valence-corrected chi connectivity index (χ3v) is 2.76. The SMILES string of the molecule is CCc1cccc(Oc2nc(N)nc(-n3cncn3)n2)c1. The van der Waals surface area contributed by atoms with Gasteiger partial charge < -0.3 is 10.5 Å². The van der Waals surface area contributed by atoms with Crippen LogP contribution < -0.4 is 10.5 Å². The van der Waals surface area contributed by atoms with Gasteiger partial charge in [-0.25, -0.2) is 4.98 Å². The van der Waals surface area contributed by atoms with E-state index in [1.807, 2.05) is 24.3 Å². The van der Waals surface area contributed by atoms with Crippen molar-refractivity contribution in [1.82, 2.24) is 29.7 Å². The molecule has 0 saturated heterocycles. The van der Waals surface area contributed by atoms with E-state index in [0.29, 0.717) is 5.75 Å². The summed E-state index contributed by atoms with van der Waals surface area (Å²) in [6.07, 6.45) is 3.77. The van der Waals surface area contributed by atoms with E-state index in [4.69, 9.17) is 10.5 Å². The maximum atomic E-state index is 5.67. The van der Waals surface area contributed by atoms with Gasteiger partial charge >= 0.3 is 6.01 Å². The fourth-order valence-electron chi connectivity index (χ4n) is 1.75. The third kappa shape index (κ3) is 2.94. The Kier molecular flexibility index (Phi) is 3.42. The van der Waals surface area contributed by atoms with Gasteiger partial charge in [-0.3, -0.25) is 0 Å². The highest BCUT2D eigenvalue weighted by atomic mass is 16.5. The van der Waals surface area contributed by atoms with Crippen molar-refractivity contribution in [3.05, 3.63) is 42.5 Å². The minimum absolute atomic E-state index is 0.0529. The number of hydrogen-bond donors (Lipinski definition) is 1. The van der Waals surface area contributed by atoms with Gasteiger partial charge in [0.1, 0.15) is 18.4 Å². The first kappa shape index (κ1) is 13.0. The molecule has 3 rings (SSSR count). The molecule has 0 aliphatic carbocycles.